The van der Waals surface area contributed by atoms with Crippen molar-refractivity contribution < 1.29 is 20.1 Å². The molecule has 5 heteroatoms. The zero-order valence-corrected chi connectivity index (χ0v) is 36.2. The van der Waals surface area contributed by atoms with Crippen LogP contribution in [0.4, 0.5) is 0 Å². The van der Waals surface area contributed by atoms with E-state index in [0.717, 1.165) is 32.1 Å². The number of aliphatic hydroxyl groups excluding tert-OH is 3. The summed E-state index contributed by atoms with van der Waals surface area (Å²) >= 11 is 0. The summed E-state index contributed by atoms with van der Waals surface area (Å²) in [5.41, 5.74) is 0. The summed E-state index contributed by atoms with van der Waals surface area (Å²) in [6, 6.07) is -0.706. The minimum Gasteiger partial charge on any atom is -0.394 e. The second-order valence-electron chi connectivity index (χ2n) is 17.0. The highest BCUT2D eigenvalue weighted by Crippen LogP contribution is 2.18. The van der Waals surface area contributed by atoms with Crippen LogP contribution < -0.4 is 5.32 Å². The Morgan fingerprint density at radius 2 is 0.604 bits per heavy atom. The van der Waals surface area contributed by atoms with Gasteiger partial charge in [0.1, 0.15) is 6.10 Å². The van der Waals surface area contributed by atoms with Gasteiger partial charge in [0.2, 0.25) is 5.91 Å². The molecule has 5 nitrogen and oxygen atoms in total. The number of unbranched alkanes of at least 4 members (excludes halogenated alkanes) is 37. The van der Waals surface area contributed by atoms with Gasteiger partial charge in [0, 0.05) is 0 Å². The molecule has 53 heavy (non-hydrogen) atoms. The molecule has 0 aliphatic carbocycles. The Labute approximate surface area is 332 Å². The Balaban J connectivity index is 3.55. The third-order valence-electron chi connectivity index (χ3n) is 11.7. The van der Waals surface area contributed by atoms with E-state index in [-0.39, 0.29) is 6.61 Å². The molecular weight excluding hydrogens is 655 g/mol. The van der Waals surface area contributed by atoms with Gasteiger partial charge in [-0.3, -0.25) is 4.79 Å². The third-order valence-corrected chi connectivity index (χ3v) is 11.7. The average Bonchev–Trinajstić information content (AvgIpc) is 3.16. The molecule has 0 rings (SSSR count). The van der Waals surface area contributed by atoms with Crippen LogP contribution in [0.2, 0.25) is 0 Å². The molecule has 0 spiro atoms. The SMILES string of the molecule is CCCCCCCCCCCCCCCCCCCCCCC(O)C(CO)NC(=O)C(O)CCCCCCCCCCCCCCCCCCCCC. The van der Waals surface area contributed by atoms with Gasteiger partial charge in [-0.25, -0.2) is 0 Å². The van der Waals surface area contributed by atoms with Gasteiger partial charge in [0.25, 0.3) is 0 Å². The number of amides is 1. The molecule has 1 amide bonds. The van der Waals surface area contributed by atoms with Crippen LogP contribution >= 0.6 is 0 Å². The normalized spacial score (nSPS) is 13.4. The van der Waals surface area contributed by atoms with E-state index in [4.69, 9.17) is 0 Å². The Hall–Kier alpha value is -0.650. The fraction of sp³-hybridized carbons (Fsp3) is 0.979. The highest BCUT2D eigenvalue weighted by Gasteiger charge is 2.23. The lowest BCUT2D eigenvalue weighted by molar-refractivity contribution is -0.131. The first-order chi connectivity index (χ1) is 26.1. The van der Waals surface area contributed by atoms with Crippen LogP contribution in [0.25, 0.3) is 0 Å². The van der Waals surface area contributed by atoms with Crippen LogP contribution in [0.3, 0.4) is 0 Å². The monoisotopic (exact) mass is 752 g/mol. The molecule has 4 N–H and O–H groups in total. The minimum absolute atomic E-state index is 0.307. The first-order valence-electron chi connectivity index (χ1n) is 24.3. The molecule has 318 valence electrons. The number of hydrogen-bond acceptors (Lipinski definition) is 4. The summed E-state index contributed by atoms with van der Waals surface area (Å²) in [6.45, 7) is 4.26. The van der Waals surface area contributed by atoms with Crippen molar-refractivity contribution in [3.63, 3.8) is 0 Å². The van der Waals surface area contributed by atoms with E-state index < -0.39 is 24.2 Å². The molecule has 0 saturated carbocycles. The standard InChI is InChI=1S/C48H97NO4/c1-3-5-7-9-11-13-15-17-19-21-23-25-26-28-30-32-34-36-38-40-42-46(51)45(44-50)49-48(53)47(52)43-41-39-37-35-33-31-29-27-24-22-20-18-16-14-12-10-8-6-4-2/h45-47,50-52H,3-44H2,1-2H3,(H,49,53). The molecule has 0 aliphatic rings. The molecule has 0 saturated heterocycles. The second kappa shape index (κ2) is 44.1. The van der Waals surface area contributed by atoms with Crippen LogP contribution in [-0.4, -0.2) is 46.1 Å². The van der Waals surface area contributed by atoms with Crippen LogP contribution in [0.15, 0.2) is 0 Å². The Bertz CT molecular complexity index is 703. The third kappa shape index (κ3) is 39.4. The molecule has 0 aromatic heterocycles. The summed E-state index contributed by atoms with van der Waals surface area (Å²) in [7, 11) is 0. The Morgan fingerprint density at radius 1 is 0.377 bits per heavy atom. The van der Waals surface area contributed by atoms with Crippen molar-refractivity contribution in [2.24, 2.45) is 0 Å². The summed E-state index contributed by atoms with van der Waals surface area (Å²) in [4.78, 5) is 12.5. The molecular formula is C48H97NO4. The molecule has 0 aromatic rings. The first kappa shape index (κ1) is 52.3. The van der Waals surface area contributed by atoms with Crippen molar-refractivity contribution in [3.05, 3.63) is 0 Å². The van der Waals surface area contributed by atoms with E-state index in [9.17, 15) is 20.1 Å². The first-order valence-corrected chi connectivity index (χ1v) is 24.3. The van der Waals surface area contributed by atoms with Crippen LogP contribution in [-0.2, 0) is 4.79 Å². The van der Waals surface area contributed by atoms with Crippen molar-refractivity contribution >= 4 is 5.91 Å². The Morgan fingerprint density at radius 3 is 0.849 bits per heavy atom. The molecule has 0 radical (unpaired) electrons. The zero-order chi connectivity index (χ0) is 38.7. The van der Waals surface area contributed by atoms with Crippen molar-refractivity contribution in [3.8, 4) is 0 Å². The summed E-state index contributed by atoms with van der Waals surface area (Å²) < 4.78 is 0. The minimum atomic E-state index is -1.07. The lowest BCUT2D eigenvalue weighted by Crippen LogP contribution is -2.49. The van der Waals surface area contributed by atoms with E-state index in [2.05, 4.69) is 19.2 Å². The number of hydrogen-bond donors (Lipinski definition) is 4. The largest absolute Gasteiger partial charge is 0.394 e. The molecule has 0 fully saturated rings. The quantitative estimate of drug-likeness (QED) is 0.0466. The molecule has 3 atom stereocenters. The maximum atomic E-state index is 12.5. The van der Waals surface area contributed by atoms with E-state index in [1.54, 1.807) is 0 Å². The number of nitrogens with one attached hydrogen (secondary N) is 1. The second-order valence-corrected chi connectivity index (χ2v) is 17.0. The van der Waals surface area contributed by atoms with Crippen LogP contribution in [0, 0.1) is 0 Å². The Kier molecular flexibility index (Phi) is 43.5. The summed E-state index contributed by atoms with van der Waals surface area (Å²) in [5, 5.41) is 33.4. The lowest BCUT2D eigenvalue weighted by Gasteiger charge is -2.23. The summed E-state index contributed by atoms with van der Waals surface area (Å²) in [5.74, 6) is -0.464. The lowest BCUT2D eigenvalue weighted by atomic mass is 10.0. The van der Waals surface area contributed by atoms with E-state index in [1.807, 2.05) is 0 Å². The van der Waals surface area contributed by atoms with E-state index in [1.165, 1.54) is 218 Å². The van der Waals surface area contributed by atoms with E-state index >= 15 is 0 Å². The van der Waals surface area contributed by atoms with Gasteiger partial charge in [-0.15, -0.1) is 0 Å². The van der Waals surface area contributed by atoms with E-state index in [0.29, 0.717) is 12.8 Å². The number of aliphatic hydroxyl groups is 3. The number of carbonyl (C=O) groups is 1. The van der Waals surface area contributed by atoms with Gasteiger partial charge in [0.05, 0.1) is 18.8 Å². The van der Waals surface area contributed by atoms with Crippen molar-refractivity contribution in [2.45, 2.75) is 295 Å². The number of carbonyl (C=O) groups excluding carboxylic acids is 1. The number of rotatable bonds is 45. The zero-order valence-electron chi connectivity index (χ0n) is 36.2. The van der Waals surface area contributed by atoms with Gasteiger partial charge < -0.3 is 20.6 Å². The van der Waals surface area contributed by atoms with Gasteiger partial charge in [-0.1, -0.05) is 264 Å². The molecule has 0 heterocycles. The van der Waals surface area contributed by atoms with Crippen LogP contribution in [0.5, 0.6) is 0 Å². The molecule has 0 aromatic carbocycles. The molecule has 3 unspecified atom stereocenters. The van der Waals surface area contributed by atoms with Crippen molar-refractivity contribution in [1.29, 1.82) is 0 Å². The predicted molar refractivity (Wildman–Crippen MR) is 232 cm³/mol. The van der Waals surface area contributed by atoms with Gasteiger partial charge >= 0.3 is 0 Å². The van der Waals surface area contributed by atoms with Gasteiger partial charge in [-0.2, -0.15) is 0 Å². The maximum absolute atomic E-state index is 12.5. The van der Waals surface area contributed by atoms with Gasteiger partial charge in [0.15, 0.2) is 0 Å². The topological polar surface area (TPSA) is 89.8 Å². The predicted octanol–water partition coefficient (Wildman–Crippen LogP) is 14.2. The van der Waals surface area contributed by atoms with Crippen molar-refractivity contribution in [2.75, 3.05) is 6.61 Å². The van der Waals surface area contributed by atoms with Gasteiger partial charge in [-0.05, 0) is 12.8 Å². The summed E-state index contributed by atoms with van der Waals surface area (Å²) in [6.07, 6.45) is 51.1. The maximum Gasteiger partial charge on any atom is 0.249 e. The van der Waals surface area contributed by atoms with Crippen LogP contribution in [0.1, 0.15) is 277 Å². The average molecular weight is 752 g/mol. The fourth-order valence-electron chi connectivity index (χ4n) is 7.90. The van der Waals surface area contributed by atoms with Crippen molar-refractivity contribution in [1.82, 2.24) is 5.32 Å². The fourth-order valence-corrected chi connectivity index (χ4v) is 7.90. The highest BCUT2D eigenvalue weighted by molar-refractivity contribution is 5.80. The highest BCUT2D eigenvalue weighted by atomic mass is 16.3. The smallest absolute Gasteiger partial charge is 0.249 e. The molecule has 0 aliphatic heterocycles. The molecule has 0 bridgehead atoms.